The van der Waals surface area contributed by atoms with Gasteiger partial charge in [-0.15, -0.1) is 12.4 Å². The summed E-state index contributed by atoms with van der Waals surface area (Å²) in [7, 11) is 0. The number of H-pyrrole nitrogens is 1. The number of carbonyl (C=O) groups is 1. The molecule has 0 aliphatic rings. The van der Waals surface area contributed by atoms with E-state index in [1.807, 2.05) is 45.0 Å². The summed E-state index contributed by atoms with van der Waals surface area (Å²) >= 11 is 0. The zero-order valence-electron chi connectivity index (χ0n) is 13.7. The maximum Gasteiger partial charge on any atom is 0.231 e. The first kappa shape index (κ1) is 19.1. The summed E-state index contributed by atoms with van der Waals surface area (Å²) in [5, 5.41) is 9.92. The summed E-state index contributed by atoms with van der Waals surface area (Å²) in [6.07, 6.45) is 1.43. The standard InChI is InChI=1S/C16H23N5O.ClH/c1-4-16(5-2,10-17)15(22)19-13-8-6-7-12(9-13)14-18-11(3)20-21-14;/h6-9H,4-5,10,17H2,1-3H3,(H,19,22)(H,18,20,21);1H. The van der Waals surface area contributed by atoms with Crippen LogP contribution in [0.25, 0.3) is 11.4 Å². The maximum absolute atomic E-state index is 12.6. The molecule has 1 heterocycles. The van der Waals surface area contributed by atoms with Gasteiger partial charge in [0, 0.05) is 17.8 Å². The Morgan fingerprint density at radius 1 is 1.35 bits per heavy atom. The van der Waals surface area contributed by atoms with Crippen LogP contribution in [0.5, 0.6) is 0 Å². The molecule has 0 atom stereocenters. The molecule has 7 heteroatoms. The van der Waals surface area contributed by atoms with Gasteiger partial charge in [-0.25, -0.2) is 4.98 Å². The van der Waals surface area contributed by atoms with Gasteiger partial charge in [0.2, 0.25) is 5.91 Å². The van der Waals surface area contributed by atoms with Gasteiger partial charge >= 0.3 is 0 Å². The minimum Gasteiger partial charge on any atom is -0.329 e. The SMILES string of the molecule is CCC(CC)(CN)C(=O)Nc1cccc(-c2n[nH]c(C)n2)c1.Cl. The minimum atomic E-state index is -0.517. The van der Waals surface area contributed by atoms with Crippen LogP contribution in [0.1, 0.15) is 32.5 Å². The highest BCUT2D eigenvalue weighted by Gasteiger charge is 2.33. The number of aryl methyl sites for hydroxylation is 1. The molecular weight excluding hydrogens is 314 g/mol. The molecular formula is C16H24ClN5O. The molecule has 6 nitrogen and oxygen atoms in total. The van der Waals surface area contributed by atoms with Gasteiger partial charge in [0.1, 0.15) is 5.82 Å². The number of hydrogen-bond donors (Lipinski definition) is 3. The Balaban J connectivity index is 0.00000264. The second-order valence-corrected chi connectivity index (χ2v) is 5.47. The highest BCUT2D eigenvalue weighted by Crippen LogP contribution is 2.28. The van der Waals surface area contributed by atoms with Gasteiger partial charge in [0.05, 0.1) is 5.41 Å². The topological polar surface area (TPSA) is 96.7 Å². The quantitative estimate of drug-likeness (QED) is 0.755. The third-order valence-corrected chi connectivity index (χ3v) is 4.20. The van der Waals surface area contributed by atoms with E-state index < -0.39 is 5.41 Å². The summed E-state index contributed by atoms with van der Waals surface area (Å²) < 4.78 is 0. The van der Waals surface area contributed by atoms with Crippen LogP contribution in [-0.2, 0) is 4.79 Å². The average molecular weight is 338 g/mol. The summed E-state index contributed by atoms with van der Waals surface area (Å²) in [6, 6.07) is 7.51. The highest BCUT2D eigenvalue weighted by atomic mass is 35.5. The number of aromatic amines is 1. The van der Waals surface area contributed by atoms with Crippen molar-refractivity contribution >= 4 is 24.0 Å². The van der Waals surface area contributed by atoms with Gasteiger partial charge in [-0.1, -0.05) is 26.0 Å². The molecule has 0 saturated carbocycles. The zero-order valence-corrected chi connectivity index (χ0v) is 14.5. The molecule has 1 aromatic carbocycles. The Morgan fingerprint density at radius 2 is 2.04 bits per heavy atom. The van der Waals surface area contributed by atoms with Gasteiger partial charge in [-0.05, 0) is 31.9 Å². The number of amides is 1. The molecule has 1 amide bonds. The molecule has 0 spiro atoms. The number of rotatable bonds is 6. The molecule has 2 aromatic rings. The summed E-state index contributed by atoms with van der Waals surface area (Å²) in [4.78, 5) is 16.9. The van der Waals surface area contributed by atoms with Crippen molar-refractivity contribution < 1.29 is 4.79 Å². The number of nitrogens with one attached hydrogen (secondary N) is 2. The molecule has 0 fully saturated rings. The van der Waals surface area contributed by atoms with E-state index in [4.69, 9.17) is 5.73 Å². The molecule has 23 heavy (non-hydrogen) atoms. The first-order valence-corrected chi connectivity index (χ1v) is 7.55. The lowest BCUT2D eigenvalue weighted by Gasteiger charge is -2.28. The van der Waals surface area contributed by atoms with E-state index in [1.54, 1.807) is 0 Å². The van der Waals surface area contributed by atoms with Crippen molar-refractivity contribution in [1.29, 1.82) is 0 Å². The third kappa shape index (κ3) is 4.09. The molecule has 4 N–H and O–H groups in total. The number of nitrogens with zero attached hydrogens (tertiary/aromatic N) is 2. The van der Waals surface area contributed by atoms with Crippen LogP contribution in [0.15, 0.2) is 24.3 Å². The molecule has 126 valence electrons. The van der Waals surface area contributed by atoms with E-state index >= 15 is 0 Å². The van der Waals surface area contributed by atoms with Gasteiger partial charge in [0.15, 0.2) is 5.82 Å². The number of halogens is 1. The fraction of sp³-hybridized carbons (Fsp3) is 0.438. The number of hydrogen-bond acceptors (Lipinski definition) is 4. The molecule has 2 rings (SSSR count). The largest absolute Gasteiger partial charge is 0.329 e. The fourth-order valence-corrected chi connectivity index (χ4v) is 2.42. The van der Waals surface area contributed by atoms with E-state index in [-0.39, 0.29) is 18.3 Å². The molecule has 0 aliphatic carbocycles. The smallest absolute Gasteiger partial charge is 0.231 e. The molecule has 0 bridgehead atoms. The van der Waals surface area contributed by atoms with Crippen LogP contribution in [-0.4, -0.2) is 27.6 Å². The molecule has 0 aliphatic heterocycles. The van der Waals surface area contributed by atoms with Crippen LogP contribution in [0.2, 0.25) is 0 Å². The first-order chi connectivity index (χ1) is 10.5. The Labute approximate surface area is 142 Å². The lowest BCUT2D eigenvalue weighted by atomic mass is 9.81. The van der Waals surface area contributed by atoms with Crippen molar-refractivity contribution in [3.8, 4) is 11.4 Å². The van der Waals surface area contributed by atoms with Crippen LogP contribution < -0.4 is 11.1 Å². The second-order valence-electron chi connectivity index (χ2n) is 5.47. The monoisotopic (exact) mass is 337 g/mol. The van der Waals surface area contributed by atoms with E-state index in [9.17, 15) is 4.79 Å². The Kier molecular flexibility index (Phi) is 6.72. The zero-order chi connectivity index (χ0) is 16.2. The lowest BCUT2D eigenvalue weighted by Crippen LogP contribution is -2.41. The number of carbonyl (C=O) groups excluding carboxylic acids is 1. The predicted octanol–water partition coefficient (Wildman–Crippen LogP) is 2.91. The fourth-order valence-electron chi connectivity index (χ4n) is 2.42. The summed E-state index contributed by atoms with van der Waals surface area (Å²) in [6.45, 7) is 6.16. The van der Waals surface area contributed by atoms with Crippen LogP contribution in [0.3, 0.4) is 0 Å². The second kappa shape index (κ2) is 8.08. The molecule has 0 radical (unpaired) electrons. The minimum absolute atomic E-state index is 0. The first-order valence-electron chi connectivity index (χ1n) is 7.55. The Morgan fingerprint density at radius 3 is 2.57 bits per heavy atom. The van der Waals surface area contributed by atoms with Crippen molar-refractivity contribution in [2.45, 2.75) is 33.6 Å². The van der Waals surface area contributed by atoms with Gasteiger partial charge < -0.3 is 11.1 Å². The number of nitrogens with two attached hydrogens (primary N) is 1. The van der Waals surface area contributed by atoms with Crippen LogP contribution >= 0.6 is 12.4 Å². The molecule has 0 unspecified atom stereocenters. The summed E-state index contributed by atoms with van der Waals surface area (Å²) in [5.41, 5.74) is 6.89. The number of aromatic nitrogens is 3. The van der Waals surface area contributed by atoms with Gasteiger partial charge in [-0.2, -0.15) is 5.10 Å². The van der Waals surface area contributed by atoms with E-state index in [1.165, 1.54) is 0 Å². The van der Waals surface area contributed by atoms with Crippen molar-refractivity contribution in [3.05, 3.63) is 30.1 Å². The summed E-state index contributed by atoms with van der Waals surface area (Å²) in [5.74, 6) is 1.33. The Bertz CT molecular complexity index is 643. The third-order valence-electron chi connectivity index (χ3n) is 4.20. The Hall–Kier alpha value is -1.92. The van der Waals surface area contributed by atoms with Crippen LogP contribution in [0.4, 0.5) is 5.69 Å². The van der Waals surface area contributed by atoms with Crippen molar-refractivity contribution in [2.24, 2.45) is 11.1 Å². The van der Waals surface area contributed by atoms with Crippen molar-refractivity contribution in [1.82, 2.24) is 15.2 Å². The maximum atomic E-state index is 12.6. The van der Waals surface area contributed by atoms with Gasteiger partial charge in [0.25, 0.3) is 0 Å². The van der Waals surface area contributed by atoms with Crippen LogP contribution in [0, 0.1) is 12.3 Å². The predicted molar refractivity (Wildman–Crippen MR) is 94.5 cm³/mol. The average Bonchev–Trinajstić information content (AvgIpc) is 2.96. The molecule has 0 saturated heterocycles. The van der Waals surface area contributed by atoms with E-state index in [2.05, 4.69) is 20.5 Å². The lowest BCUT2D eigenvalue weighted by molar-refractivity contribution is -0.125. The normalized spacial score (nSPS) is 11.0. The molecule has 1 aromatic heterocycles. The van der Waals surface area contributed by atoms with E-state index in [0.29, 0.717) is 25.2 Å². The van der Waals surface area contributed by atoms with Gasteiger partial charge in [-0.3, -0.25) is 9.89 Å². The number of benzene rings is 1. The highest BCUT2D eigenvalue weighted by molar-refractivity contribution is 5.95. The van der Waals surface area contributed by atoms with Crippen molar-refractivity contribution in [3.63, 3.8) is 0 Å². The van der Waals surface area contributed by atoms with Crippen molar-refractivity contribution in [2.75, 3.05) is 11.9 Å². The number of anilines is 1. The van der Waals surface area contributed by atoms with E-state index in [0.717, 1.165) is 17.1 Å².